The van der Waals surface area contributed by atoms with Gasteiger partial charge < -0.3 is 24.7 Å². The van der Waals surface area contributed by atoms with Gasteiger partial charge in [-0.1, -0.05) is 13.8 Å². The van der Waals surface area contributed by atoms with Crippen molar-refractivity contribution in [1.82, 2.24) is 0 Å². The molecule has 6 nitrogen and oxygen atoms in total. The van der Waals surface area contributed by atoms with Crippen molar-refractivity contribution in [1.29, 1.82) is 0 Å². The number of quaternary nitrogens is 1. The minimum atomic E-state index is -0.396. The zero-order chi connectivity index (χ0) is 19.1. The van der Waals surface area contributed by atoms with Gasteiger partial charge in [-0.2, -0.15) is 0 Å². The number of carbonyl (C=O) groups excluding carboxylic acids is 1. The van der Waals surface area contributed by atoms with E-state index in [1.807, 2.05) is 31.2 Å². The highest BCUT2D eigenvalue weighted by atomic mass is 16.6. The van der Waals surface area contributed by atoms with Gasteiger partial charge in [0.05, 0.1) is 7.11 Å². The van der Waals surface area contributed by atoms with Crippen LogP contribution in [0, 0.1) is 5.92 Å². The molecule has 26 heavy (non-hydrogen) atoms. The first kappa shape index (κ1) is 20.5. The number of benzene rings is 1. The average molecular weight is 366 g/mol. The molecule has 0 aromatic heterocycles. The summed E-state index contributed by atoms with van der Waals surface area (Å²) in [5.41, 5.74) is 3.91. The van der Waals surface area contributed by atoms with Gasteiger partial charge in [0, 0.05) is 13.0 Å². The van der Waals surface area contributed by atoms with Gasteiger partial charge in [-0.05, 0) is 49.9 Å². The molecule has 0 aliphatic carbocycles. The second-order valence-electron chi connectivity index (χ2n) is 7.29. The predicted octanol–water partition coefficient (Wildman–Crippen LogP) is 2.21. The topological polar surface area (TPSA) is 81.6 Å². The number of carbonyl (C=O) groups is 1. The summed E-state index contributed by atoms with van der Waals surface area (Å²) in [4.78, 5) is 12.2. The fourth-order valence-electron chi connectivity index (χ4n) is 3.00. The lowest BCUT2D eigenvalue weighted by Gasteiger charge is -2.31. The summed E-state index contributed by atoms with van der Waals surface area (Å²) in [5, 5.41) is 0. The van der Waals surface area contributed by atoms with Gasteiger partial charge >= 0.3 is 5.97 Å². The molecule has 0 radical (unpaired) electrons. The summed E-state index contributed by atoms with van der Waals surface area (Å²) >= 11 is 0. The molecule has 1 aromatic rings. The van der Waals surface area contributed by atoms with E-state index in [0.29, 0.717) is 18.9 Å². The molecule has 3 N–H and O–H groups in total. The largest absolute Gasteiger partial charge is 0.497 e. The van der Waals surface area contributed by atoms with Gasteiger partial charge in [0.2, 0.25) is 0 Å². The lowest BCUT2D eigenvalue weighted by molar-refractivity contribution is -0.410. The summed E-state index contributed by atoms with van der Waals surface area (Å²) in [6.07, 6.45) is 1.38. The van der Waals surface area contributed by atoms with Crippen LogP contribution in [0.2, 0.25) is 0 Å². The van der Waals surface area contributed by atoms with Gasteiger partial charge in [-0.3, -0.25) is 0 Å². The van der Waals surface area contributed by atoms with Crippen molar-refractivity contribution in [3.05, 3.63) is 24.3 Å². The third kappa shape index (κ3) is 5.88. The van der Waals surface area contributed by atoms with Gasteiger partial charge in [-0.15, -0.1) is 0 Å². The highest BCUT2D eigenvalue weighted by molar-refractivity contribution is 5.74. The van der Waals surface area contributed by atoms with E-state index in [4.69, 9.17) is 18.9 Å². The molecule has 1 saturated heterocycles. The van der Waals surface area contributed by atoms with Crippen molar-refractivity contribution >= 4 is 5.97 Å². The Morgan fingerprint density at radius 1 is 1.19 bits per heavy atom. The molecular formula is C20H32NO5+. The van der Waals surface area contributed by atoms with Gasteiger partial charge in [-0.25, -0.2) is 4.79 Å². The Labute approximate surface area is 155 Å². The number of hydrogen-bond donors (Lipinski definition) is 1. The zero-order valence-electron chi connectivity index (χ0n) is 16.3. The quantitative estimate of drug-likeness (QED) is 0.781. The Morgan fingerprint density at radius 3 is 2.46 bits per heavy atom. The molecule has 0 amide bonds. The van der Waals surface area contributed by atoms with E-state index in [1.165, 1.54) is 0 Å². The average Bonchev–Trinajstić information content (AvgIpc) is 2.65. The Hall–Kier alpha value is -1.79. The Morgan fingerprint density at radius 2 is 1.85 bits per heavy atom. The third-order valence-corrected chi connectivity index (χ3v) is 4.47. The van der Waals surface area contributed by atoms with E-state index in [2.05, 4.69) is 19.6 Å². The van der Waals surface area contributed by atoms with Crippen molar-refractivity contribution in [2.45, 2.75) is 64.4 Å². The normalized spacial score (nSPS) is 27.2. The maximum atomic E-state index is 12.2. The molecule has 6 heteroatoms. The van der Waals surface area contributed by atoms with Gasteiger partial charge in [0.15, 0.2) is 6.04 Å². The van der Waals surface area contributed by atoms with Crippen LogP contribution in [0.4, 0.5) is 0 Å². The fraction of sp³-hybridized carbons (Fsp3) is 0.650. The fourth-order valence-corrected chi connectivity index (χ4v) is 3.00. The van der Waals surface area contributed by atoms with E-state index < -0.39 is 6.10 Å². The standard InChI is InChI=1S/C20H31NO5/c1-13(2)12-24-19-14(3)25-20(22)17(21)6-5-7-18(19)26-16-10-8-15(23-4)9-11-16/h8-11,13-14,17-19H,5-7,12,21H2,1-4H3/p+1/t14-,17-,18-,19-/m0/s1. The monoisotopic (exact) mass is 366 g/mol. The third-order valence-electron chi connectivity index (χ3n) is 4.47. The molecule has 2 rings (SSSR count). The van der Waals surface area contributed by atoms with Gasteiger partial charge in [0.1, 0.15) is 29.8 Å². The summed E-state index contributed by atoms with van der Waals surface area (Å²) in [7, 11) is 1.63. The van der Waals surface area contributed by atoms with Crippen LogP contribution in [-0.2, 0) is 14.3 Å². The first-order valence-electron chi connectivity index (χ1n) is 9.36. The van der Waals surface area contributed by atoms with Gasteiger partial charge in [0.25, 0.3) is 0 Å². The van der Waals surface area contributed by atoms with Crippen LogP contribution in [-0.4, -0.2) is 44.0 Å². The van der Waals surface area contributed by atoms with Crippen LogP contribution in [0.25, 0.3) is 0 Å². The summed E-state index contributed by atoms with van der Waals surface area (Å²) in [5.74, 6) is 1.65. The number of rotatable bonds is 6. The SMILES string of the molecule is COc1ccc(O[C@H]2CCC[C@H]([NH3+])C(=O)O[C@@H](C)[C@@H]2OCC(C)C)cc1. The van der Waals surface area contributed by atoms with E-state index in [1.54, 1.807) is 7.11 Å². The summed E-state index contributed by atoms with van der Waals surface area (Å²) in [6.45, 7) is 6.64. The highest BCUT2D eigenvalue weighted by Gasteiger charge is 2.35. The molecule has 0 spiro atoms. The predicted molar refractivity (Wildman–Crippen MR) is 98.1 cm³/mol. The molecule has 0 bridgehead atoms. The van der Waals surface area contributed by atoms with E-state index in [0.717, 1.165) is 24.3 Å². The first-order valence-corrected chi connectivity index (χ1v) is 9.36. The molecule has 1 aliphatic rings. The maximum absolute atomic E-state index is 12.2. The molecule has 1 aromatic carbocycles. The van der Waals surface area contributed by atoms with Crippen molar-refractivity contribution < 1.29 is 29.5 Å². The van der Waals surface area contributed by atoms with Crippen LogP contribution >= 0.6 is 0 Å². The van der Waals surface area contributed by atoms with Crippen LogP contribution in [0.15, 0.2) is 24.3 Å². The lowest BCUT2D eigenvalue weighted by atomic mass is 10.0. The summed E-state index contributed by atoms with van der Waals surface area (Å²) < 4.78 is 23.2. The Kier molecular flexibility index (Phi) is 7.72. The zero-order valence-corrected chi connectivity index (χ0v) is 16.3. The molecule has 1 fully saturated rings. The second kappa shape index (κ2) is 9.78. The molecular weight excluding hydrogens is 334 g/mol. The molecule has 1 aliphatic heterocycles. The Balaban J connectivity index is 2.18. The molecule has 4 atom stereocenters. The van der Waals surface area contributed by atoms with Crippen LogP contribution < -0.4 is 15.2 Å². The smallest absolute Gasteiger partial charge is 0.365 e. The van der Waals surface area contributed by atoms with Crippen molar-refractivity contribution in [2.75, 3.05) is 13.7 Å². The van der Waals surface area contributed by atoms with Crippen LogP contribution in [0.1, 0.15) is 40.0 Å². The first-order chi connectivity index (χ1) is 12.4. The van der Waals surface area contributed by atoms with Crippen molar-refractivity contribution in [3.63, 3.8) is 0 Å². The van der Waals surface area contributed by atoms with E-state index in [9.17, 15) is 4.79 Å². The molecule has 0 unspecified atom stereocenters. The number of ether oxygens (including phenoxy) is 4. The number of cyclic esters (lactones) is 1. The van der Waals surface area contributed by atoms with Crippen LogP contribution in [0.5, 0.6) is 11.5 Å². The van der Waals surface area contributed by atoms with E-state index >= 15 is 0 Å². The molecule has 1 heterocycles. The number of methoxy groups -OCH3 is 1. The number of esters is 1. The summed E-state index contributed by atoms with van der Waals surface area (Å²) in [6, 6.07) is 7.15. The second-order valence-corrected chi connectivity index (χ2v) is 7.29. The minimum Gasteiger partial charge on any atom is -0.497 e. The van der Waals surface area contributed by atoms with Crippen LogP contribution in [0.3, 0.4) is 0 Å². The molecule has 146 valence electrons. The lowest BCUT2D eigenvalue weighted by Crippen LogP contribution is -2.65. The highest BCUT2D eigenvalue weighted by Crippen LogP contribution is 2.25. The molecule has 0 saturated carbocycles. The van der Waals surface area contributed by atoms with E-state index in [-0.39, 0.29) is 24.2 Å². The maximum Gasteiger partial charge on any atom is 0.365 e. The van der Waals surface area contributed by atoms with Crippen molar-refractivity contribution in [2.24, 2.45) is 5.92 Å². The number of hydrogen-bond acceptors (Lipinski definition) is 5. The Bertz CT molecular complexity index is 560. The van der Waals surface area contributed by atoms with Crippen molar-refractivity contribution in [3.8, 4) is 11.5 Å². The minimum absolute atomic E-state index is 0.199.